The molecule has 0 saturated carbocycles. The van der Waals surface area contributed by atoms with E-state index >= 15 is 0 Å². The molecule has 0 aliphatic carbocycles. The minimum atomic E-state index is -0.721. The average molecular weight is 418 g/mol. The van der Waals surface area contributed by atoms with E-state index in [2.05, 4.69) is 10.6 Å². The van der Waals surface area contributed by atoms with E-state index in [1.165, 1.54) is 25.3 Å². The van der Waals surface area contributed by atoms with Gasteiger partial charge in [-0.05, 0) is 71.0 Å². The topological polar surface area (TPSA) is 85.9 Å². The lowest BCUT2D eigenvalue weighted by Crippen LogP contribution is -2.27. The number of amides is 2. The highest BCUT2D eigenvalue weighted by Crippen LogP contribution is 2.30. The van der Waals surface area contributed by atoms with Gasteiger partial charge in [0.2, 0.25) is 0 Å². The van der Waals surface area contributed by atoms with Crippen LogP contribution in [0.4, 0.5) is 20.6 Å². The number of anilines is 2. The van der Waals surface area contributed by atoms with E-state index < -0.39 is 23.4 Å². The van der Waals surface area contributed by atoms with Crippen LogP contribution in [0.15, 0.2) is 36.4 Å². The molecule has 0 radical (unpaired) electrons. The number of halogens is 1. The number of ether oxygens (including phenoxy) is 3. The minimum Gasteiger partial charge on any atom is -0.493 e. The fraction of sp³-hybridized carbons (Fsp3) is 0.364. The van der Waals surface area contributed by atoms with Crippen LogP contribution in [0, 0.1) is 5.82 Å². The number of carbonyl (C=O) groups is 2. The monoisotopic (exact) mass is 418 g/mol. The molecular formula is C22H27FN2O5. The van der Waals surface area contributed by atoms with Crippen LogP contribution in [0.3, 0.4) is 0 Å². The molecule has 0 fully saturated rings. The highest BCUT2D eigenvalue weighted by atomic mass is 19.1. The van der Waals surface area contributed by atoms with Gasteiger partial charge in [-0.15, -0.1) is 0 Å². The van der Waals surface area contributed by atoms with Gasteiger partial charge in [0.25, 0.3) is 5.91 Å². The quantitative estimate of drug-likeness (QED) is 0.672. The molecule has 0 spiro atoms. The van der Waals surface area contributed by atoms with Gasteiger partial charge < -0.3 is 19.5 Å². The van der Waals surface area contributed by atoms with Gasteiger partial charge >= 0.3 is 6.09 Å². The number of rotatable bonds is 6. The number of methoxy groups -OCH3 is 1. The van der Waals surface area contributed by atoms with Crippen LogP contribution in [0.5, 0.6) is 11.5 Å². The van der Waals surface area contributed by atoms with E-state index in [1.807, 2.05) is 13.8 Å². The van der Waals surface area contributed by atoms with E-state index in [9.17, 15) is 14.0 Å². The molecule has 2 aromatic rings. The summed E-state index contributed by atoms with van der Waals surface area (Å²) in [5.41, 5.74) is -0.141. The second-order valence-corrected chi connectivity index (χ2v) is 7.80. The Morgan fingerprint density at radius 2 is 1.67 bits per heavy atom. The zero-order chi connectivity index (χ0) is 22.5. The summed E-state index contributed by atoms with van der Waals surface area (Å²) in [7, 11) is 1.47. The lowest BCUT2D eigenvalue weighted by molar-refractivity contribution is 0.0635. The largest absolute Gasteiger partial charge is 0.493 e. The maximum atomic E-state index is 13.8. The third kappa shape index (κ3) is 6.65. The lowest BCUT2D eigenvalue weighted by atomic mass is 10.1. The van der Waals surface area contributed by atoms with Gasteiger partial charge in [-0.1, -0.05) is 0 Å². The summed E-state index contributed by atoms with van der Waals surface area (Å²) in [6.07, 6.45) is -0.783. The molecule has 0 aromatic heterocycles. The van der Waals surface area contributed by atoms with Crippen molar-refractivity contribution in [3.05, 3.63) is 47.8 Å². The molecule has 0 atom stereocenters. The van der Waals surface area contributed by atoms with Gasteiger partial charge in [0.15, 0.2) is 11.5 Å². The molecular weight excluding hydrogens is 391 g/mol. The third-order valence-corrected chi connectivity index (χ3v) is 3.65. The first kappa shape index (κ1) is 23.0. The molecule has 0 aliphatic heterocycles. The normalized spacial score (nSPS) is 11.1. The number of hydrogen-bond donors (Lipinski definition) is 2. The second-order valence-electron chi connectivity index (χ2n) is 7.80. The van der Waals surface area contributed by atoms with Crippen molar-refractivity contribution >= 4 is 23.4 Å². The molecule has 2 rings (SSSR count). The van der Waals surface area contributed by atoms with Crippen molar-refractivity contribution in [1.29, 1.82) is 0 Å². The Balaban J connectivity index is 2.24. The van der Waals surface area contributed by atoms with Crippen LogP contribution in [0.25, 0.3) is 0 Å². The van der Waals surface area contributed by atoms with Gasteiger partial charge in [-0.25, -0.2) is 9.18 Å². The van der Waals surface area contributed by atoms with E-state index in [1.54, 1.807) is 32.9 Å². The molecule has 0 saturated heterocycles. The zero-order valence-electron chi connectivity index (χ0n) is 18.0. The molecule has 30 heavy (non-hydrogen) atoms. The van der Waals surface area contributed by atoms with Crippen molar-refractivity contribution in [3.8, 4) is 11.5 Å². The van der Waals surface area contributed by atoms with Gasteiger partial charge in [-0.3, -0.25) is 10.1 Å². The molecule has 0 unspecified atom stereocenters. The number of hydrogen-bond acceptors (Lipinski definition) is 5. The molecule has 7 nitrogen and oxygen atoms in total. The smallest absolute Gasteiger partial charge is 0.412 e. The molecule has 0 aliphatic rings. The summed E-state index contributed by atoms with van der Waals surface area (Å²) in [5, 5.41) is 5.12. The maximum absolute atomic E-state index is 13.8. The standard InChI is InChI=1S/C22H27FN2O5/c1-13(2)29-18-10-7-14(11-19(18)28-6)20(26)24-17-12-15(23)8-9-16(17)25-21(27)30-22(3,4)5/h7-13H,1-6H3,(H,24,26)(H,25,27). The Labute approximate surface area is 175 Å². The van der Waals surface area contributed by atoms with Gasteiger partial charge in [0.1, 0.15) is 11.4 Å². The Kier molecular flexibility index (Phi) is 7.26. The van der Waals surface area contributed by atoms with Crippen molar-refractivity contribution < 1.29 is 28.2 Å². The van der Waals surface area contributed by atoms with Crippen molar-refractivity contribution in [3.63, 3.8) is 0 Å². The molecule has 0 heterocycles. The van der Waals surface area contributed by atoms with Crippen molar-refractivity contribution in [2.45, 2.75) is 46.3 Å². The molecule has 2 aromatic carbocycles. The van der Waals surface area contributed by atoms with E-state index in [0.29, 0.717) is 11.5 Å². The number of benzene rings is 2. The van der Waals surface area contributed by atoms with E-state index in [0.717, 1.165) is 6.07 Å². The van der Waals surface area contributed by atoms with Crippen LogP contribution in [0.1, 0.15) is 45.0 Å². The van der Waals surface area contributed by atoms with Crippen LogP contribution >= 0.6 is 0 Å². The van der Waals surface area contributed by atoms with Gasteiger partial charge in [0.05, 0.1) is 24.6 Å². The SMILES string of the molecule is COc1cc(C(=O)Nc2cc(F)ccc2NC(=O)OC(C)(C)C)ccc1OC(C)C. The number of nitrogens with one attached hydrogen (secondary N) is 2. The number of carbonyl (C=O) groups excluding carboxylic acids is 2. The Hall–Kier alpha value is -3.29. The van der Waals surface area contributed by atoms with Gasteiger partial charge in [-0.2, -0.15) is 0 Å². The summed E-state index contributed by atoms with van der Waals surface area (Å²) in [6.45, 7) is 8.92. The highest BCUT2D eigenvalue weighted by molar-refractivity contribution is 6.07. The van der Waals surface area contributed by atoms with E-state index in [4.69, 9.17) is 14.2 Å². The Bertz CT molecular complexity index is 922. The van der Waals surface area contributed by atoms with Crippen LogP contribution in [-0.4, -0.2) is 30.8 Å². The fourth-order valence-corrected chi connectivity index (χ4v) is 2.50. The van der Waals surface area contributed by atoms with Crippen LogP contribution < -0.4 is 20.1 Å². The predicted octanol–water partition coefficient (Wildman–Crippen LogP) is 5.22. The Morgan fingerprint density at radius 1 is 0.967 bits per heavy atom. The van der Waals surface area contributed by atoms with Crippen LogP contribution in [0.2, 0.25) is 0 Å². The second kappa shape index (κ2) is 9.47. The molecule has 162 valence electrons. The first-order valence-corrected chi connectivity index (χ1v) is 9.44. The average Bonchev–Trinajstić information content (AvgIpc) is 2.62. The summed E-state index contributed by atoms with van der Waals surface area (Å²) in [6, 6.07) is 8.33. The molecule has 2 amide bonds. The van der Waals surface area contributed by atoms with Crippen LogP contribution in [-0.2, 0) is 4.74 Å². The lowest BCUT2D eigenvalue weighted by Gasteiger charge is -2.20. The minimum absolute atomic E-state index is 0.0626. The van der Waals surface area contributed by atoms with Crippen molar-refractivity contribution in [2.75, 3.05) is 17.7 Å². The summed E-state index contributed by atoms with van der Waals surface area (Å²) < 4.78 is 29.9. The first-order valence-electron chi connectivity index (χ1n) is 9.44. The van der Waals surface area contributed by atoms with Gasteiger partial charge in [0, 0.05) is 5.56 Å². The first-order chi connectivity index (χ1) is 14.0. The molecule has 0 bridgehead atoms. The fourth-order valence-electron chi connectivity index (χ4n) is 2.50. The zero-order valence-corrected chi connectivity index (χ0v) is 18.0. The summed E-state index contributed by atoms with van der Waals surface area (Å²) in [4.78, 5) is 24.8. The predicted molar refractivity (Wildman–Crippen MR) is 113 cm³/mol. The molecule has 8 heteroatoms. The maximum Gasteiger partial charge on any atom is 0.412 e. The summed E-state index contributed by atoms with van der Waals surface area (Å²) in [5.74, 6) is -0.190. The van der Waals surface area contributed by atoms with Crippen molar-refractivity contribution in [1.82, 2.24) is 0 Å². The van der Waals surface area contributed by atoms with Crippen molar-refractivity contribution in [2.24, 2.45) is 0 Å². The highest BCUT2D eigenvalue weighted by Gasteiger charge is 2.19. The summed E-state index contributed by atoms with van der Waals surface area (Å²) >= 11 is 0. The Morgan fingerprint density at radius 3 is 2.27 bits per heavy atom. The molecule has 2 N–H and O–H groups in total. The third-order valence-electron chi connectivity index (χ3n) is 3.65. The van der Waals surface area contributed by atoms with E-state index in [-0.39, 0.29) is 23.0 Å².